The topological polar surface area (TPSA) is 59.3 Å². The van der Waals surface area contributed by atoms with Gasteiger partial charge in [-0.3, -0.25) is 4.79 Å². The molecule has 2 fully saturated rings. The summed E-state index contributed by atoms with van der Waals surface area (Å²) in [4.78, 5) is 11.0. The highest BCUT2D eigenvalue weighted by Crippen LogP contribution is 2.36. The molecule has 0 bridgehead atoms. The normalized spacial score (nSPS) is 31.9. The molecule has 2 aliphatic rings. The smallest absolute Gasteiger partial charge is 0.171 e. The summed E-state index contributed by atoms with van der Waals surface area (Å²) in [7, 11) is 0. The van der Waals surface area contributed by atoms with Gasteiger partial charge in [0.1, 0.15) is 5.78 Å². The van der Waals surface area contributed by atoms with Gasteiger partial charge in [0.15, 0.2) is 11.9 Å². The van der Waals surface area contributed by atoms with Crippen LogP contribution in [0.3, 0.4) is 0 Å². The van der Waals surface area contributed by atoms with Gasteiger partial charge >= 0.3 is 0 Å². The molecule has 1 saturated heterocycles. The molecule has 0 aromatic heterocycles. The van der Waals surface area contributed by atoms with Crippen LogP contribution in [0.25, 0.3) is 0 Å². The van der Waals surface area contributed by atoms with E-state index in [1.165, 1.54) is 0 Å². The van der Waals surface area contributed by atoms with Crippen LogP contribution >= 0.6 is 0 Å². The predicted molar refractivity (Wildman–Crippen MR) is 42.6 cm³/mol. The molecule has 1 saturated carbocycles. The van der Waals surface area contributed by atoms with Gasteiger partial charge in [-0.05, 0) is 0 Å². The Balaban J connectivity index is 2.00. The Labute approximate surface area is 76.4 Å². The summed E-state index contributed by atoms with van der Waals surface area (Å²) < 4.78 is 10.9. The van der Waals surface area contributed by atoms with Gasteiger partial charge in [0.2, 0.25) is 0 Å². The summed E-state index contributed by atoms with van der Waals surface area (Å²) in [5.74, 6) is -0.355. The minimum Gasteiger partial charge on any atom is -0.346 e. The van der Waals surface area contributed by atoms with E-state index in [-0.39, 0.29) is 5.78 Å². The van der Waals surface area contributed by atoms with Crippen molar-refractivity contribution < 1.29 is 14.3 Å². The molecule has 13 heavy (non-hydrogen) atoms. The lowest BCUT2D eigenvalue weighted by Gasteiger charge is -2.30. The quantitative estimate of drug-likeness (QED) is 0.553. The van der Waals surface area contributed by atoms with Crippen molar-refractivity contribution in [3.8, 4) is 6.07 Å². The number of hydrogen-bond donors (Lipinski definition) is 0. The molecule has 0 aromatic rings. The van der Waals surface area contributed by atoms with E-state index in [2.05, 4.69) is 0 Å². The molecular weight excluding hydrogens is 170 g/mol. The molecular formula is C9H11NO3. The molecule has 1 atom stereocenters. The van der Waals surface area contributed by atoms with Crippen molar-refractivity contribution in [3.05, 3.63) is 0 Å². The molecule has 1 unspecified atom stereocenters. The maximum Gasteiger partial charge on any atom is 0.171 e. The van der Waals surface area contributed by atoms with Gasteiger partial charge in [0, 0.05) is 25.7 Å². The fourth-order valence-electron chi connectivity index (χ4n) is 1.79. The first-order valence-corrected chi connectivity index (χ1v) is 4.47. The van der Waals surface area contributed by atoms with E-state index in [0.717, 1.165) is 0 Å². The van der Waals surface area contributed by atoms with Gasteiger partial charge in [0.25, 0.3) is 0 Å². The Morgan fingerprint density at radius 3 is 2.69 bits per heavy atom. The van der Waals surface area contributed by atoms with Crippen molar-refractivity contribution in [2.24, 2.45) is 0 Å². The third-order valence-electron chi connectivity index (χ3n) is 2.57. The first-order chi connectivity index (χ1) is 6.24. The van der Waals surface area contributed by atoms with Gasteiger partial charge in [-0.1, -0.05) is 0 Å². The zero-order valence-corrected chi connectivity index (χ0v) is 7.28. The van der Waals surface area contributed by atoms with Gasteiger partial charge in [0.05, 0.1) is 12.7 Å². The third kappa shape index (κ3) is 1.58. The highest BCUT2D eigenvalue weighted by atomic mass is 16.7. The number of hydrogen-bond acceptors (Lipinski definition) is 4. The SMILES string of the molecule is N#CC1COC2(CCC(=O)CC2)O1. The van der Waals surface area contributed by atoms with Crippen LogP contribution in [0.1, 0.15) is 25.7 Å². The Kier molecular flexibility index (Phi) is 2.06. The van der Waals surface area contributed by atoms with Crippen LogP contribution < -0.4 is 0 Å². The third-order valence-corrected chi connectivity index (χ3v) is 2.57. The number of ether oxygens (including phenoxy) is 2. The number of nitriles is 1. The summed E-state index contributed by atoms with van der Waals surface area (Å²) in [6.45, 7) is 0.338. The van der Waals surface area contributed by atoms with Crippen LogP contribution in [0.5, 0.6) is 0 Å². The molecule has 1 heterocycles. The van der Waals surface area contributed by atoms with Crippen LogP contribution in [0.2, 0.25) is 0 Å². The molecule has 1 aliphatic heterocycles. The number of carbonyl (C=O) groups excluding carboxylic acids is 1. The lowest BCUT2D eigenvalue weighted by atomic mass is 9.93. The van der Waals surface area contributed by atoms with E-state index in [1.54, 1.807) is 0 Å². The fourth-order valence-corrected chi connectivity index (χ4v) is 1.79. The number of nitrogens with zero attached hydrogens (tertiary/aromatic N) is 1. The minimum atomic E-state index is -0.617. The van der Waals surface area contributed by atoms with Gasteiger partial charge in [-0.25, -0.2) is 0 Å². The van der Waals surface area contributed by atoms with Crippen LogP contribution in [0, 0.1) is 11.3 Å². The number of carbonyl (C=O) groups is 1. The molecule has 1 spiro atoms. The zero-order valence-electron chi connectivity index (χ0n) is 7.28. The number of rotatable bonds is 0. The van der Waals surface area contributed by atoms with E-state index in [4.69, 9.17) is 14.7 Å². The number of Topliss-reactive ketones (excluding diaryl/α,β-unsaturated/α-hetero) is 1. The van der Waals surface area contributed by atoms with Gasteiger partial charge in [-0.15, -0.1) is 0 Å². The molecule has 0 amide bonds. The van der Waals surface area contributed by atoms with Crippen LogP contribution in [-0.4, -0.2) is 24.3 Å². The van der Waals surface area contributed by atoms with Crippen molar-refractivity contribution in [1.29, 1.82) is 5.26 Å². The van der Waals surface area contributed by atoms with Crippen LogP contribution in [0.15, 0.2) is 0 Å². The van der Waals surface area contributed by atoms with Crippen molar-refractivity contribution in [1.82, 2.24) is 0 Å². The zero-order chi connectivity index (χ0) is 9.31. The Morgan fingerprint density at radius 2 is 2.15 bits per heavy atom. The second-order valence-electron chi connectivity index (χ2n) is 3.50. The van der Waals surface area contributed by atoms with E-state index in [1.807, 2.05) is 6.07 Å². The maximum atomic E-state index is 11.0. The second-order valence-corrected chi connectivity index (χ2v) is 3.50. The molecule has 2 rings (SSSR count). The Bertz CT molecular complexity index is 259. The first-order valence-electron chi connectivity index (χ1n) is 4.47. The summed E-state index contributed by atoms with van der Waals surface area (Å²) >= 11 is 0. The monoisotopic (exact) mass is 181 g/mol. The standard InChI is InChI=1S/C9H11NO3/c10-5-8-6-12-9(13-8)3-1-7(11)2-4-9/h8H,1-4,6H2. The van der Waals surface area contributed by atoms with Crippen LogP contribution in [0.4, 0.5) is 0 Å². The Hall–Kier alpha value is -0.920. The molecule has 0 radical (unpaired) electrons. The first kappa shape index (κ1) is 8.67. The molecule has 0 N–H and O–H groups in total. The van der Waals surface area contributed by atoms with E-state index in [0.29, 0.717) is 32.3 Å². The molecule has 0 aromatic carbocycles. The average Bonchev–Trinajstić information content (AvgIpc) is 2.55. The van der Waals surface area contributed by atoms with E-state index < -0.39 is 11.9 Å². The van der Waals surface area contributed by atoms with Crippen molar-refractivity contribution in [2.45, 2.75) is 37.6 Å². The van der Waals surface area contributed by atoms with Crippen molar-refractivity contribution >= 4 is 5.78 Å². The van der Waals surface area contributed by atoms with Crippen molar-refractivity contribution in [2.75, 3.05) is 6.61 Å². The maximum absolute atomic E-state index is 11.0. The van der Waals surface area contributed by atoms with Gasteiger partial charge in [-0.2, -0.15) is 5.26 Å². The largest absolute Gasteiger partial charge is 0.346 e. The summed E-state index contributed by atoms with van der Waals surface area (Å²) in [6, 6.07) is 2.01. The van der Waals surface area contributed by atoms with E-state index >= 15 is 0 Å². The predicted octanol–water partition coefficient (Wildman–Crippen LogP) is 0.765. The van der Waals surface area contributed by atoms with Crippen LogP contribution in [-0.2, 0) is 14.3 Å². The van der Waals surface area contributed by atoms with Gasteiger partial charge < -0.3 is 9.47 Å². The van der Waals surface area contributed by atoms with E-state index in [9.17, 15) is 4.79 Å². The second kappa shape index (κ2) is 3.09. The molecule has 4 nitrogen and oxygen atoms in total. The lowest BCUT2D eigenvalue weighted by molar-refractivity contribution is -0.184. The fraction of sp³-hybridized carbons (Fsp3) is 0.778. The average molecular weight is 181 g/mol. The highest BCUT2D eigenvalue weighted by molar-refractivity contribution is 5.79. The number of ketones is 1. The summed E-state index contributed by atoms with van der Waals surface area (Å²) in [5.41, 5.74) is 0. The molecule has 4 heteroatoms. The Morgan fingerprint density at radius 1 is 1.46 bits per heavy atom. The summed E-state index contributed by atoms with van der Waals surface area (Å²) in [6.07, 6.45) is 1.78. The van der Waals surface area contributed by atoms with Crippen molar-refractivity contribution in [3.63, 3.8) is 0 Å². The summed E-state index contributed by atoms with van der Waals surface area (Å²) in [5, 5.41) is 8.61. The molecule has 70 valence electrons. The highest BCUT2D eigenvalue weighted by Gasteiger charge is 2.43. The minimum absolute atomic E-state index is 0.262. The molecule has 1 aliphatic carbocycles. The lowest BCUT2D eigenvalue weighted by Crippen LogP contribution is -2.35.